The monoisotopic (exact) mass is 380 g/mol. The Kier molecular flexibility index (Phi) is 6.06. The molecule has 2 N–H and O–H groups in total. The van der Waals surface area contributed by atoms with Gasteiger partial charge in [-0.25, -0.2) is 0 Å². The second kappa shape index (κ2) is 8.26. The number of hydrogen-bond donors (Lipinski definition) is 2. The number of benzene rings is 2. The zero-order chi connectivity index (χ0) is 16.9. The zero-order valence-corrected chi connectivity index (χ0v) is 15.4. The Morgan fingerprint density at radius 2 is 1.96 bits per heavy atom. The number of hydrogen-bond acceptors (Lipinski definition) is 3. The van der Waals surface area contributed by atoms with Gasteiger partial charge in [0.15, 0.2) is 0 Å². The minimum Gasteiger partial charge on any atom is -0.351 e. The lowest BCUT2D eigenvalue weighted by atomic mass is 10.1. The van der Waals surface area contributed by atoms with Crippen molar-refractivity contribution in [3.05, 3.63) is 68.7 Å². The average molecular weight is 381 g/mol. The number of rotatable bonds is 6. The summed E-state index contributed by atoms with van der Waals surface area (Å²) in [5.41, 5.74) is 4.80. The van der Waals surface area contributed by atoms with Crippen molar-refractivity contribution >= 4 is 40.9 Å². The third-order valence-electron chi connectivity index (χ3n) is 3.90. The lowest BCUT2D eigenvalue weighted by Gasteiger charge is -2.08. The molecular formula is C18H18Cl2N2OS. The average Bonchev–Trinajstić information content (AvgIpc) is 3.02. The van der Waals surface area contributed by atoms with Crippen molar-refractivity contribution in [1.29, 1.82) is 0 Å². The number of halogens is 2. The van der Waals surface area contributed by atoms with E-state index in [4.69, 9.17) is 23.2 Å². The minimum atomic E-state index is 0.0312. The molecule has 6 heteroatoms. The molecule has 3 nitrogen and oxygen atoms in total. The van der Waals surface area contributed by atoms with Gasteiger partial charge in [0.05, 0.1) is 5.75 Å². The van der Waals surface area contributed by atoms with Gasteiger partial charge < -0.3 is 10.6 Å². The van der Waals surface area contributed by atoms with Crippen LogP contribution in [0.25, 0.3) is 0 Å². The van der Waals surface area contributed by atoms with E-state index in [0.717, 1.165) is 24.2 Å². The van der Waals surface area contributed by atoms with Gasteiger partial charge in [0, 0.05) is 35.4 Å². The largest absolute Gasteiger partial charge is 0.351 e. The Hall–Kier alpha value is -1.20. The maximum absolute atomic E-state index is 12.0. The Balaban J connectivity index is 1.43. The van der Waals surface area contributed by atoms with Gasteiger partial charge in [0.25, 0.3) is 0 Å². The molecule has 0 saturated carbocycles. The Bertz CT molecular complexity index is 752. The van der Waals surface area contributed by atoms with Crippen molar-refractivity contribution < 1.29 is 4.79 Å². The molecule has 1 amide bonds. The highest BCUT2D eigenvalue weighted by Gasteiger charge is 2.10. The molecule has 0 aromatic heterocycles. The molecule has 24 heavy (non-hydrogen) atoms. The number of thioether (sulfide) groups is 1. The van der Waals surface area contributed by atoms with E-state index in [2.05, 4.69) is 28.8 Å². The van der Waals surface area contributed by atoms with Gasteiger partial charge in [0.1, 0.15) is 0 Å². The van der Waals surface area contributed by atoms with Crippen molar-refractivity contribution in [2.24, 2.45) is 0 Å². The topological polar surface area (TPSA) is 41.1 Å². The number of carbonyl (C=O) groups is 1. The summed E-state index contributed by atoms with van der Waals surface area (Å²) < 4.78 is 0. The Labute approximate surface area is 156 Å². The summed E-state index contributed by atoms with van der Waals surface area (Å²) in [4.78, 5) is 12.0. The van der Waals surface area contributed by atoms with E-state index in [1.807, 2.05) is 12.1 Å². The molecule has 0 atom stereocenters. The molecule has 0 saturated heterocycles. The van der Waals surface area contributed by atoms with Gasteiger partial charge in [-0.3, -0.25) is 4.79 Å². The maximum Gasteiger partial charge on any atom is 0.230 e. The quantitative estimate of drug-likeness (QED) is 0.790. The van der Waals surface area contributed by atoms with Crippen molar-refractivity contribution in [1.82, 2.24) is 10.6 Å². The third-order valence-corrected chi connectivity index (χ3v) is 5.47. The number of fused-ring (bicyclic) bond motifs is 1. The maximum atomic E-state index is 12.0. The highest BCUT2D eigenvalue weighted by molar-refractivity contribution is 7.99. The van der Waals surface area contributed by atoms with E-state index in [9.17, 15) is 4.79 Å². The molecular weight excluding hydrogens is 363 g/mol. The Morgan fingerprint density at radius 3 is 2.79 bits per heavy atom. The predicted molar refractivity (Wildman–Crippen MR) is 101 cm³/mol. The molecule has 126 valence electrons. The second-order valence-electron chi connectivity index (χ2n) is 5.71. The lowest BCUT2D eigenvalue weighted by Crippen LogP contribution is -2.24. The van der Waals surface area contributed by atoms with Crippen LogP contribution in [-0.2, 0) is 30.2 Å². The summed E-state index contributed by atoms with van der Waals surface area (Å²) >= 11 is 13.5. The van der Waals surface area contributed by atoms with Gasteiger partial charge in [-0.15, -0.1) is 11.8 Å². The van der Waals surface area contributed by atoms with E-state index >= 15 is 0 Å². The van der Waals surface area contributed by atoms with E-state index in [0.29, 0.717) is 28.1 Å². The van der Waals surface area contributed by atoms with Crippen LogP contribution in [-0.4, -0.2) is 11.7 Å². The molecule has 0 spiro atoms. The van der Waals surface area contributed by atoms with Crippen molar-refractivity contribution in [3.8, 4) is 0 Å². The summed E-state index contributed by atoms with van der Waals surface area (Å²) in [6.07, 6.45) is 0. The smallest absolute Gasteiger partial charge is 0.230 e. The van der Waals surface area contributed by atoms with Gasteiger partial charge in [-0.05, 0) is 34.4 Å². The van der Waals surface area contributed by atoms with Gasteiger partial charge in [-0.1, -0.05) is 47.5 Å². The van der Waals surface area contributed by atoms with Crippen LogP contribution in [0.15, 0.2) is 36.4 Å². The fraction of sp³-hybridized carbons (Fsp3) is 0.278. The molecule has 0 aliphatic carbocycles. The standard InChI is InChI=1S/C18H18Cl2N2OS/c19-16-4-3-14(17(20)6-16)10-24-11-18(23)22-7-12-1-2-13-8-21-9-15(13)5-12/h1-6,21H,7-11H2,(H,22,23). The molecule has 1 heterocycles. The van der Waals surface area contributed by atoms with Crippen molar-refractivity contribution in [2.75, 3.05) is 5.75 Å². The van der Waals surface area contributed by atoms with E-state index in [1.54, 1.807) is 17.8 Å². The fourth-order valence-electron chi connectivity index (χ4n) is 2.60. The first kappa shape index (κ1) is 17.6. The number of carbonyl (C=O) groups excluding carboxylic acids is 1. The molecule has 0 unspecified atom stereocenters. The predicted octanol–water partition coefficient (Wildman–Crippen LogP) is 4.15. The summed E-state index contributed by atoms with van der Waals surface area (Å²) in [6.45, 7) is 2.41. The summed E-state index contributed by atoms with van der Waals surface area (Å²) in [5.74, 6) is 1.13. The van der Waals surface area contributed by atoms with Gasteiger partial charge in [-0.2, -0.15) is 0 Å². The van der Waals surface area contributed by atoms with Crippen LogP contribution in [0.4, 0.5) is 0 Å². The van der Waals surface area contributed by atoms with Crippen LogP contribution in [0.5, 0.6) is 0 Å². The Morgan fingerprint density at radius 1 is 1.12 bits per heavy atom. The van der Waals surface area contributed by atoms with Crippen LogP contribution >= 0.6 is 35.0 Å². The first-order chi connectivity index (χ1) is 11.6. The first-order valence-corrected chi connectivity index (χ1v) is 9.62. The van der Waals surface area contributed by atoms with Crippen LogP contribution in [0.2, 0.25) is 10.0 Å². The number of amides is 1. The highest BCUT2D eigenvalue weighted by atomic mass is 35.5. The molecule has 0 fully saturated rings. The molecule has 2 aromatic carbocycles. The number of nitrogens with one attached hydrogen (secondary N) is 2. The van der Waals surface area contributed by atoms with Crippen molar-refractivity contribution in [3.63, 3.8) is 0 Å². The van der Waals surface area contributed by atoms with Crippen molar-refractivity contribution in [2.45, 2.75) is 25.4 Å². The summed E-state index contributed by atoms with van der Waals surface area (Å²) in [5, 5.41) is 7.55. The fourth-order valence-corrected chi connectivity index (χ4v) is 4.02. The normalized spacial score (nSPS) is 12.9. The molecule has 0 bridgehead atoms. The lowest BCUT2D eigenvalue weighted by molar-refractivity contribution is -0.118. The van der Waals surface area contributed by atoms with Gasteiger partial charge >= 0.3 is 0 Å². The van der Waals surface area contributed by atoms with E-state index in [1.165, 1.54) is 11.1 Å². The van der Waals surface area contributed by atoms with E-state index in [-0.39, 0.29) is 5.91 Å². The minimum absolute atomic E-state index is 0.0312. The van der Waals surface area contributed by atoms with Crippen LogP contribution in [0, 0.1) is 0 Å². The van der Waals surface area contributed by atoms with Crippen LogP contribution in [0.1, 0.15) is 22.3 Å². The van der Waals surface area contributed by atoms with E-state index < -0.39 is 0 Å². The summed E-state index contributed by atoms with van der Waals surface area (Å²) in [7, 11) is 0. The van der Waals surface area contributed by atoms with Gasteiger partial charge in [0.2, 0.25) is 5.91 Å². The molecule has 2 aromatic rings. The van der Waals surface area contributed by atoms with Crippen LogP contribution < -0.4 is 10.6 Å². The van der Waals surface area contributed by atoms with Crippen LogP contribution in [0.3, 0.4) is 0 Å². The second-order valence-corrected chi connectivity index (χ2v) is 7.54. The summed E-state index contributed by atoms with van der Waals surface area (Å²) in [6, 6.07) is 11.8. The third kappa shape index (κ3) is 4.67. The molecule has 1 aliphatic heterocycles. The SMILES string of the molecule is O=C(CSCc1ccc(Cl)cc1Cl)NCc1ccc2c(c1)CNC2. The first-order valence-electron chi connectivity index (χ1n) is 7.71. The molecule has 0 radical (unpaired) electrons. The highest BCUT2D eigenvalue weighted by Crippen LogP contribution is 2.24. The molecule has 1 aliphatic rings. The molecule has 3 rings (SSSR count). The zero-order valence-electron chi connectivity index (χ0n) is 13.1.